The third-order valence-electron chi connectivity index (χ3n) is 4.84. The summed E-state index contributed by atoms with van der Waals surface area (Å²) in [6, 6.07) is 4.09. The maximum absolute atomic E-state index is 13.1. The molecule has 2 amide bonds. The third kappa shape index (κ3) is 5.23. The molecule has 0 aromatic heterocycles. The topological polar surface area (TPSA) is 107 Å². The van der Waals surface area contributed by atoms with Crippen molar-refractivity contribution in [1.82, 2.24) is 14.1 Å². The van der Waals surface area contributed by atoms with Crippen LogP contribution in [-0.2, 0) is 14.8 Å². The van der Waals surface area contributed by atoms with Crippen LogP contribution in [0.1, 0.15) is 20.8 Å². The number of carbonyl (C=O) groups excluding carboxylic acids is 1. The first-order chi connectivity index (χ1) is 14.3. The van der Waals surface area contributed by atoms with Gasteiger partial charge in [-0.05, 0) is 45.0 Å². The minimum absolute atomic E-state index is 0.0359. The van der Waals surface area contributed by atoms with Crippen LogP contribution in [0.15, 0.2) is 29.2 Å². The molecule has 1 saturated heterocycles. The number of rotatable bonds is 7. The van der Waals surface area contributed by atoms with E-state index in [9.17, 15) is 23.1 Å². The van der Waals surface area contributed by atoms with Crippen LogP contribution in [0.5, 0.6) is 5.75 Å². The fourth-order valence-corrected chi connectivity index (χ4v) is 4.72. The minimum atomic E-state index is -4.06. The number of nitrogens with zero attached hydrogens (tertiary/aromatic N) is 3. The fraction of sp³-hybridized carbons (Fsp3) is 0.500. The van der Waals surface area contributed by atoms with Crippen molar-refractivity contribution in [3.8, 4) is 17.6 Å². The van der Waals surface area contributed by atoms with Crippen molar-refractivity contribution in [2.75, 3.05) is 39.3 Å². The number of aliphatic carboxylic acids is 1. The van der Waals surface area contributed by atoms with Crippen LogP contribution in [0.3, 0.4) is 0 Å². The summed E-state index contributed by atoms with van der Waals surface area (Å²) in [6.07, 6.45) is 0. The highest BCUT2D eigenvalue weighted by Crippen LogP contribution is 2.24. The molecule has 1 aromatic rings. The highest BCUT2D eigenvalue weighted by atomic mass is 32.2. The zero-order valence-electron chi connectivity index (χ0n) is 17.4. The highest BCUT2D eigenvalue weighted by Gasteiger charge is 2.42. The number of hydrogen-bond donors (Lipinski definition) is 1. The van der Waals surface area contributed by atoms with Gasteiger partial charge >= 0.3 is 12.0 Å². The number of piperazine rings is 1. The second-order valence-corrected chi connectivity index (χ2v) is 8.45. The molecular weight excluding hydrogens is 410 g/mol. The Kier molecular flexibility index (Phi) is 8.08. The van der Waals surface area contributed by atoms with E-state index in [1.807, 2.05) is 13.8 Å². The summed E-state index contributed by atoms with van der Waals surface area (Å²) in [6.45, 7) is 6.33. The molecule has 30 heavy (non-hydrogen) atoms. The number of benzene rings is 1. The lowest BCUT2D eigenvalue weighted by molar-refractivity contribution is -0.142. The second kappa shape index (κ2) is 10.3. The Bertz CT molecular complexity index is 916. The SMILES string of the molecule is CC#CCOc1ccc(S(=O)(=O)N2CCN(C(=O)N(CC)CC)CC2C(=O)O)cc1. The zero-order chi connectivity index (χ0) is 22.3. The fourth-order valence-electron chi connectivity index (χ4n) is 3.16. The molecule has 1 atom stereocenters. The van der Waals surface area contributed by atoms with Crippen molar-refractivity contribution in [2.45, 2.75) is 31.7 Å². The van der Waals surface area contributed by atoms with Crippen molar-refractivity contribution < 1.29 is 27.9 Å². The van der Waals surface area contributed by atoms with E-state index in [1.54, 1.807) is 11.8 Å². The highest BCUT2D eigenvalue weighted by molar-refractivity contribution is 7.89. The summed E-state index contributed by atoms with van der Waals surface area (Å²) in [4.78, 5) is 27.3. The van der Waals surface area contributed by atoms with Crippen molar-refractivity contribution in [2.24, 2.45) is 0 Å². The first-order valence-corrected chi connectivity index (χ1v) is 11.1. The van der Waals surface area contributed by atoms with E-state index in [0.29, 0.717) is 18.8 Å². The normalized spacial score (nSPS) is 17.0. The van der Waals surface area contributed by atoms with Gasteiger partial charge in [0.15, 0.2) is 0 Å². The van der Waals surface area contributed by atoms with Gasteiger partial charge in [0.2, 0.25) is 10.0 Å². The van der Waals surface area contributed by atoms with Crippen LogP contribution in [-0.4, -0.2) is 85.0 Å². The number of ether oxygens (including phenoxy) is 1. The van der Waals surface area contributed by atoms with Gasteiger partial charge < -0.3 is 19.6 Å². The second-order valence-electron chi connectivity index (χ2n) is 6.56. The molecule has 0 bridgehead atoms. The molecule has 1 aliphatic rings. The molecule has 2 rings (SSSR count). The van der Waals surface area contributed by atoms with Gasteiger partial charge in [0.25, 0.3) is 0 Å². The largest absolute Gasteiger partial charge is 0.481 e. The number of carboxylic acids is 1. The van der Waals surface area contributed by atoms with Gasteiger partial charge in [-0.2, -0.15) is 4.31 Å². The number of urea groups is 1. The monoisotopic (exact) mass is 437 g/mol. The number of carbonyl (C=O) groups is 2. The van der Waals surface area contributed by atoms with E-state index >= 15 is 0 Å². The molecule has 1 aliphatic heterocycles. The smallest absolute Gasteiger partial charge is 0.323 e. The van der Waals surface area contributed by atoms with Crippen molar-refractivity contribution in [3.63, 3.8) is 0 Å². The standard InChI is InChI=1S/C20H27N3O6S/c1-4-7-14-29-16-8-10-17(11-9-16)30(27,28)23-13-12-22(15-18(23)19(24)25)20(26)21(5-2)6-3/h8-11,18H,5-6,12-15H2,1-3H3,(H,24,25). The van der Waals surface area contributed by atoms with E-state index in [0.717, 1.165) is 4.31 Å². The Morgan fingerprint density at radius 2 is 1.83 bits per heavy atom. The predicted molar refractivity (Wildman–Crippen MR) is 111 cm³/mol. The number of amides is 2. The maximum Gasteiger partial charge on any atom is 0.323 e. The number of sulfonamides is 1. The van der Waals surface area contributed by atoms with E-state index in [-0.39, 0.29) is 37.2 Å². The van der Waals surface area contributed by atoms with Gasteiger partial charge in [-0.3, -0.25) is 4.79 Å². The molecule has 9 nitrogen and oxygen atoms in total. The summed E-state index contributed by atoms with van der Waals surface area (Å²) in [7, 11) is -4.06. The van der Waals surface area contributed by atoms with Gasteiger partial charge in [0, 0.05) is 32.7 Å². The van der Waals surface area contributed by atoms with E-state index in [1.165, 1.54) is 29.2 Å². The molecular formula is C20H27N3O6S. The van der Waals surface area contributed by atoms with Crippen molar-refractivity contribution >= 4 is 22.0 Å². The van der Waals surface area contributed by atoms with Crippen molar-refractivity contribution in [1.29, 1.82) is 0 Å². The first kappa shape index (κ1) is 23.5. The van der Waals surface area contributed by atoms with Crippen LogP contribution in [0.2, 0.25) is 0 Å². The lowest BCUT2D eigenvalue weighted by Gasteiger charge is -2.40. The van der Waals surface area contributed by atoms with Crippen LogP contribution in [0, 0.1) is 11.8 Å². The average molecular weight is 438 g/mol. The van der Waals surface area contributed by atoms with Gasteiger partial charge in [-0.25, -0.2) is 13.2 Å². The molecule has 1 aromatic carbocycles. The Labute approximate surface area is 177 Å². The summed E-state index contributed by atoms with van der Waals surface area (Å²) >= 11 is 0. The van der Waals surface area contributed by atoms with E-state index in [4.69, 9.17) is 4.74 Å². The molecule has 0 aliphatic carbocycles. The molecule has 0 saturated carbocycles. The average Bonchev–Trinajstić information content (AvgIpc) is 2.74. The first-order valence-electron chi connectivity index (χ1n) is 9.67. The molecule has 1 unspecified atom stereocenters. The molecule has 1 heterocycles. The number of hydrogen-bond acceptors (Lipinski definition) is 5. The Morgan fingerprint density at radius 1 is 1.20 bits per heavy atom. The lowest BCUT2D eigenvalue weighted by atomic mass is 10.2. The molecule has 1 fully saturated rings. The summed E-state index contributed by atoms with van der Waals surface area (Å²) < 4.78 is 32.5. The van der Waals surface area contributed by atoms with Crippen molar-refractivity contribution in [3.05, 3.63) is 24.3 Å². The quantitative estimate of drug-likeness (QED) is 0.645. The molecule has 0 radical (unpaired) electrons. The molecule has 1 N–H and O–H groups in total. The Morgan fingerprint density at radius 3 is 2.37 bits per heavy atom. The van der Waals surface area contributed by atoms with Crippen LogP contribution in [0.4, 0.5) is 4.79 Å². The van der Waals surface area contributed by atoms with Gasteiger partial charge in [-0.15, -0.1) is 5.92 Å². The zero-order valence-corrected chi connectivity index (χ0v) is 18.2. The Hall–Kier alpha value is -2.77. The summed E-state index contributed by atoms with van der Waals surface area (Å²) in [5.41, 5.74) is 0. The summed E-state index contributed by atoms with van der Waals surface area (Å²) in [5.74, 6) is 4.60. The minimum Gasteiger partial charge on any atom is -0.481 e. The molecule has 0 spiro atoms. The van der Waals surface area contributed by atoms with E-state index in [2.05, 4.69) is 11.8 Å². The Balaban J connectivity index is 2.21. The lowest BCUT2D eigenvalue weighted by Crippen LogP contribution is -2.61. The molecule has 10 heteroatoms. The predicted octanol–water partition coefficient (Wildman–Crippen LogP) is 1.31. The third-order valence-corrected chi connectivity index (χ3v) is 6.76. The van der Waals surface area contributed by atoms with Crippen LogP contribution >= 0.6 is 0 Å². The van der Waals surface area contributed by atoms with Crippen LogP contribution in [0.25, 0.3) is 0 Å². The van der Waals surface area contributed by atoms with Gasteiger partial charge in [-0.1, -0.05) is 5.92 Å². The van der Waals surface area contributed by atoms with Gasteiger partial charge in [0.05, 0.1) is 4.90 Å². The summed E-state index contributed by atoms with van der Waals surface area (Å²) in [5, 5.41) is 9.65. The van der Waals surface area contributed by atoms with Crippen LogP contribution < -0.4 is 4.74 Å². The van der Waals surface area contributed by atoms with E-state index < -0.39 is 22.0 Å². The maximum atomic E-state index is 13.1. The van der Waals surface area contributed by atoms with Gasteiger partial charge in [0.1, 0.15) is 18.4 Å². The molecule has 164 valence electrons. The number of carboxylic acid groups (broad SMARTS) is 1.